The number of ether oxygens (including phenoxy) is 2. The molecule has 3 nitrogen and oxygen atoms in total. The summed E-state index contributed by atoms with van der Waals surface area (Å²) in [7, 11) is 3.42. The Morgan fingerprint density at radius 1 is 1.30 bits per heavy atom. The summed E-state index contributed by atoms with van der Waals surface area (Å²) in [6.07, 6.45) is 3.95. The number of rotatable bonds is 6. The molecule has 20 heavy (non-hydrogen) atoms. The molecule has 0 amide bonds. The topological polar surface area (TPSA) is 30.5 Å². The first-order valence-corrected chi connectivity index (χ1v) is 8.42. The van der Waals surface area contributed by atoms with Crippen LogP contribution in [0.1, 0.15) is 37.8 Å². The van der Waals surface area contributed by atoms with E-state index in [2.05, 4.69) is 30.1 Å². The Morgan fingerprint density at radius 2 is 2.15 bits per heavy atom. The van der Waals surface area contributed by atoms with Gasteiger partial charge in [0.05, 0.1) is 14.2 Å². The van der Waals surface area contributed by atoms with Crippen LogP contribution in [0.5, 0.6) is 11.5 Å². The van der Waals surface area contributed by atoms with Crippen molar-refractivity contribution in [3.63, 3.8) is 0 Å². The lowest BCUT2D eigenvalue weighted by atomic mass is 9.98. The summed E-state index contributed by atoms with van der Waals surface area (Å²) in [6, 6.07) is 6.49. The molecule has 2 rings (SSSR count). The first kappa shape index (κ1) is 15.5. The predicted molar refractivity (Wildman–Crippen MR) is 86.1 cm³/mol. The molecule has 4 heteroatoms. The molecule has 0 bridgehead atoms. The SMILES string of the molecule is CCNC(c1ccc(OC)cc1OC)C1CCCCS1. The molecule has 1 saturated heterocycles. The van der Waals surface area contributed by atoms with Crippen molar-refractivity contribution >= 4 is 11.8 Å². The van der Waals surface area contributed by atoms with Crippen LogP contribution in [0.4, 0.5) is 0 Å². The van der Waals surface area contributed by atoms with Gasteiger partial charge in [0, 0.05) is 22.9 Å². The molecule has 1 N–H and O–H groups in total. The van der Waals surface area contributed by atoms with Crippen LogP contribution < -0.4 is 14.8 Å². The smallest absolute Gasteiger partial charge is 0.127 e. The van der Waals surface area contributed by atoms with E-state index in [-0.39, 0.29) is 0 Å². The monoisotopic (exact) mass is 295 g/mol. The molecule has 1 aliphatic rings. The first-order valence-electron chi connectivity index (χ1n) is 7.37. The fourth-order valence-electron chi connectivity index (χ4n) is 2.77. The van der Waals surface area contributed by atoms with Crippen molar-refractivity contribution in [2.75, 3.05) is 26.5 Å². The van der Waals surface area contributed by atoms with E-state index < -0.39 is 0 Å². The Hall–Kier alpha value is -0.870. The van der Waals surface area contributed by atoms with Crippen molar-refractivity contribution in [2.45, 2.75) is 37.5 Å². The van der Waals surface area contributed by atoms with Gasteiger partial charge >= 0.3 is 0 Å². The van der Waals surface area contributed by atoms with Gasteiger partial charge in [-0.2, -0.15) is 11.8 Å². The third-order valence-corrected chi connectivity index (χ3v) is 5.25. The Morgan fingerprint density at radius 3 is 2.75 bits per heavy atom. The van der Waals surface area contributed by atoms with E-state index in [0.717, 1.165) is 18.0 Å². The van der Waals surface area contributed by atoms with Gasteiger partial charge < -0.3 is 14.8 Å². The zero-order valence-corrected chi connectivity index (χ0v) is 13.5. The van der Waals surface area contributed by atoms with Gasteiger partial charge in [0.1, 0.15) is 11.5 Å². The second-order valence-corrected chi connectivity index (χ2v) is 6.40. The lowest BCUT2D eigenvalue weighted by Crippen LogP contribution is -2.32. The van der Waals surface area contributed by atoms with Crippen molar-refractivity contribution in [1.82, 2.24) is 5.32 Å². The molecule has 1 aliphatic heterocycles. The molecule has 0 aromatic heterocycles. The number of methoxy groups -OCH3 is 2. The maximum absolute atomic E-state index is 5.58. The molecule has 1 aromatic rings. The molecule has 0 radical (unpaired) electrons. The van der Waals surface area contributed by atoms with E-state index in [4.69, 9.17) is 9.47 Å². The standard InChI is InChI=1S/C16H25NO2S/c1-4-17-16(15-7-5-6-10-20-15)13-9-8-12(18-2)11-14(13)19-3/h8-9,11,15-17H,4-7,10H2,1-3H3. The van der Waals surface area contributed by atoms with Crippen molar-refractivity contribution in [3.05, 3.63) is 23.8 Å². The normalized spacial score (nSPS) is 20.4. The third-order valence-electron chi connectivity index (χ3n) is 3.79. The summed E-state index contributed by atoms with van der Waals surface area (Å²) in [5.41, 5.74) is 1.24. The number of hydrogen-bond acceptors (Lipinski definition) is 4. The summed E-state index contributed by atoms with van der Waals surface area (Å²) in [6.45, 7) is 3.13. The maximum atomic E-state index is 5.58. The highest BCUT2D eigenvalue weighted by Gasteiger charge is 2.27. The summed E-state index contributed by atoms with van der Waals surface area (Å²) in [4.78, 5) is 0. The number of benzene rings is 1. The van der Waals surface area contributed by atoms with Crippen LogP contribution in [-0.2, 0) is 0 Å². The minimum absolute atomic E-state index is 0.353. The number of hydrogen-bond donors (Lipinski definition) is 1. The maximum Gasteiger partial charge on any atom is 0.127 e. The Balaban J connectivity index is 2.27. The third kappa shape index (κ3) is 3.61. The second kappa shape index (κ2) is 7.79. The van der Waals surface area contributed by atoms with Gasteiger partial charge in [-0.25, -0.2) is 0 Å². The van der Waals surface area contributed by atoms with E-state index >= 15 is 0 Å². The van der Waals surface area contributed by atoms with Gasteiger partial charge in [-0.05, 0) is 31.2 Å². The molecule has 2 atom stereocenters. The van der Waals surface area contributed by atoms with Crippen LogP contribution in [-0.4, -0.2) is 31.8 Å². The number of thioether (sulfide) groups is 1. The fraction of sp³-hybridized carbons (Fsp3) is 0.625. The van der Waals surface area contributed by atoms with E-state index in [1.54, 1.807) is 14.2 Å². The quantitative estimate of drug-likeness (QED) is 0.868. The highest BCUT2D eigenvalue weighted by atomic mass is 32.2. The van der Waals surface area contributed by atoms with Crippen LogP contribution in [0.15, 0.2) is 18.2 Å². The number of nitrogens with one attached hydrogen (secondary N) is 1. The van der Waals surface area contributed by atoms with Crippen LogP contribution in [0, 0.1) is 0 Å². The van der Waals surface area contributed by atoms with Gasteiger partial charge in [0.2, 0.25) is 0 Å². The average molecular weight is 295 g/mol. The van der Waals surface area contributed by atoms with Gasteiger partial charge in [-0.3, -0.25) is 0 Å². The van der Waals surface area contributed by atoms with Gasteiger partial charge in [0.25, 0.3) is 0 Å². The highest BCUT2D eigenvalue weighted by Crippen LogP contribution is 2.39. The first-order chi connectivity index (χ1) is 9.80. The van der Waals surface area contributed by atoms with Crippen LogP contribution >= 0.6 is 11.8 Å². The molecule has 112 valence electrons. The molecule has 1 fully saturated rings. The lowest BCUT2D eigenvalue weighted by Gasteiger charge is -2.31. The summed E-state index contributed by atoms with van der Waals surface area (Å²) in [5, 5.41) is 4.27. The van der Waals surface area contributed by atoms with E-state index in [9.17, 15) is 0 Å². The second-order valence-electron chi connectivity index (χ2n) is 5.05. The summed E-state index contributed by atoms with van der Waals surface area (Å²) in [5.74, 6) is 3.03. The van der Waals surface area contributed by atoms with Crippen molar-refractivity contribution in [2.24, 2.45) is 0 Å². The molecule has 0 aliphatic carbocycles. The molecule has 0 saturated carbocycles. The zero-order valence-electron chi connectivity index (χ0n) is 12.6. The predicted octanol–water partition coefficient (Wildman–Crippen LogP) is 3.64. The Kier molecular flexibility index (Phi) is 6.05. The largest absolute Gasteiger partial charge is 0.497 e. The van der Waals surface area contributed by atoms with Crippen molar-refractivity contribution < 1.29 is 9.47 Å². The molecule has 0 spiro atoms. The van der Waals surface area contributed by atoms with Gasteiger partial charge in [-0.1, -0.05) is 19.4 Å². The van der Waals surface area contributed by atoms with Crippen LogP contribution in [0.3, 0.4) is 0 Å². The van der Waals surface area contributed by atoms with Crippen LogP contribution in [0.25, 0.3) is 0 Å². The minimum Gasteiger partial charge on any atom is -0.497 e. The average Bonchev–Trinajstić information content (AvgIpc) is 2.53. The molecular weight excluding hydrogens is 270 g/mol. The fourth-order valence-corrected chi connectivity index (χ4v) is 4.21. The summed E-state index contributed by atoms with van der Waals surface area (Å²) >= 11 is 2.09. The van der Waals surface area contributed by atoms with Crippen molar-refractivity contribution in [3.8, 4) is 11.5 Å². The molecule has 1 aromatic carbocycles. The highest BCUT2D eigenvalue weighted by molar-refractivity contribution is 8.00. The van der Waals surface area contributed by atoms with Gasteiger partial charge in [0.15, 0.2) is 0 Å². The Labute approximate surface area is 126 Å². The molecular formula is C16H25NO2S. The minimum atomic E-state index is 0.353. The van der Waals surface area contributed by atoms with E-state index in [0.29, 0.717) is 11.3 Å². The van der Waals surface area contributed by atoms with E-state index in [1.807, 2.05) is 12.1 Å². The van der Waals surface area contributed by atoms with E-state index in [1.165, 1.54) is 30.6 Å². The molecule has 2 unspecified atom stereocenters. The lowest BCUT2D eigenvalue weighted by molar-refractivity contribution is 0.381. The zero-order chi connectivity index (χ0) is 14.4. The van der Waals surface area contributed by atoms with Crippen molar-refractivity contribution in [1.29, 1.82) is 0 Å². The van der Waals surface area contributed by atoms with Gasteiger partial charge in [-0.15, -0.1) is 0 Å². The molecule has 1 heterocycles. The summed E-state index contributed by atoms with van der Waals surface area (Å²) < 4.78 is 10.9. The Bertz CT molecular complexity index is 419. The van der Waals surface area contributed by atoms with Crippen LogP contribution in [0.2, 0.25) is 0 Å².